The topological polar surface area (TPSA) is 36.9 Å². The lowest BCUT2D eigenvalue weighted by molar-refractivity contribution is 0.180. The van der Waals surface area contributed by atoms with Crippen molar-refractivity contribution in [3.63, 3.8) is 0 Å². The first-order valence-corrected chi connectivity index (χ1v) is 16.0. The minimum absolute atomic E-state index is 0.853. The molecule has 9 heteroatoms. The van der Waals surface area contributed by atoms with Gasteiger partial charge in [-0.25, -0.2) is 0 Å². The Balaban J connectivity index is 5.24. The number of hydrogen-bond donors (Lipinski definition) is 0. The van der Waals surface area contributed by atoms with Crippen molar-refractivity contribution < 1.29 is 16.5 Å². The van der Waals surface area contributed by atoms with Crippen LogP contribution in [0.25, 0.3) is 0 Å². The van der Waals surface area contributed by atoms with Crippen molar-refractivity contribution >= 4 is 48.1 Å². The Kier molecular flexibility index (Phi) is 13.9. The first kappa shape index (κ1) is 24.9. The van der Waals surface area contributed by atoms with Crippen LogP contribution in [0.15, 0.2) is 45.1 Å². The van der Waals surface area contributed by atoms with Gasteiger partial charge in [-0.05, 0) is 55.4 Å². The van der Waals surface area contributed by atoms with Crippen molar-refractivity contribution in [3.8, 4) is 0 Å². The van der Waals surface area contributed by atoms with E-state index in [2.05, 4.69) is 78.2 Å². The van der Waals surface area contributed by atoms with Crippen LogP contribution in [0.2, 0.25) is 0 Å². The summed E-state index contributed by atoms with van der Waals surface area (Å²) >= 11 is 0. The lowest BCUT2D eigenvalue weighted by Crippen LogP contribution is -2.52. The molecular weight excluding hydrogens is 397 g/mol. The zero-order valence-corrected chi connectivity index (χ0v) is 23.9. The van der Waals surface area contributed by atoms with E-state index in [0.717, 1.165) is 0 Å². The summed E-state index contributed by atoms with van der Waals surface area (Å²) in [5, 5.41) is 0. The van der Waals surface area contributed by atoms with Crippen molar-refractivity contribution in [3.05, 3.63) is 45.1 Å². The third-order valence-electron chi connectivity index (χ3n) is 3.01. The molecule has 0 heterocycles. The van der Waals surface area contributed by atoms with Crippen molar-refractivity contribution in [2.75, 3.05) is 0 Å². The average molecular weight is 433 g/mol. The molecule has 0 fully saturated rings. The summed E-state index contributed by atoms with van der Waals surface area (Å²) in [7, 11) is -6.41. The highest BCUT2D eigenvalue weighted by Gasteiger charge is 2.42. The molecule has 25 heavy (non-hydrogen) atoms. The molecule has 0 amide bonds. The third-order valence-corrected chi connectivity index (χ3v) is 15.3. The lowest BCUT2D eigenvalue weighted by Gasteiger charge is -2.29. The molecule has 0 bridgehead atoms. The molecule has 0 saturated carbocycles. The van der Waals surface area contributed by atoms with Gasteiger partial charge < -0.3 is 16.5 Å². The summed E-state index contributed by atoms with van der Waals surface area (Å²) in [6.45, 7) is 16.7. The summed E-state index contributed by atoms with van der Waals surface area (Å²) < 4.78 is 24.9. The maximum atomic E-state index is 6.24. The summed E-state index contributed by atoms with van der Waals surface area (Å²) in [4.78, 5) is 0. The second-order valence-corrected chi connectivity index (χ2v) is 15.5. The molecule has 0 saturated heterocycles. The Morgan fingerprint density at radius 2 is 0.680 bits per heavy atom. The van der Waals surface area contributed by atoms with E-state index in [1.165, 1.54) is 22.3 Å². The van der Waals surface area contributed by atoms with Gasteiger partial charge in [-0.1, -0.05) is 45.1 Å². The smallest absolute Gasteiger partial charge is 0.397 e. The quantitative estimate of drug-likeness (QED) is 0.438. The van der Waals surface area contributed by atoms with E-state index in [1.807, 2.05) is 0 Å². The molecule has 0 aromatic rings. The van der Waals surface area contributed by atoms with Gasteiger partial charge in [0.25, 0.3) is 0 Å². The Bertz CT molecular complexity index is 405. The number of allylic oxidation sites excluding steroid dienone is 4. The normalized spacial score (nSPS) is 14.7. The lowest BCUT2D eigenvalue weighted by atomic mass is 10.4. The van der Waals surface area contributed by atoms with Gasteiger partial charge in [-0.3, -0.25) is 0 Å². The second kappa shape index (κ2) is 14.0. The number of hydrogen-bond acceptors (Lipinski definition) is 4. The molecule has 0 N–H and O–H groups in total. The third kappa shape index (κ3) is 14.7. The van der Waals surface area contributed by atoms with E-state index in [1.54, 1.807) is 0 Å². The van der Waals surface area contributed by atoms with Gasteiger partial charge in [0.05, 0.1) is 0 Å². The van der Waals surface area contributed by atoms with Crippen LogP contribution in [-0.4, -0.2) is 48.1 Å². The predicted octanol–water partition coefficient (Wildman–Crippen LogP) is 1.52. The van der Waals surface area contributed by atoms with E-state index in [0.29, 0.717) is 0 Å². The van der Waals surface area contributed by atoms with Crippen LogP contribution >= 0.6 is 0 Å². The molecule has 0 aromatic carbocycles. The molecule has 0 aliphatic heterocycles. The summed E-state index contributed by atoms with van der Waals surface area (Å²) in [6.07, 6.45) is 0. The summed E-state index contributed by atoms with van der Waals surface area (Å²) in [6, 6.07) is 0. The van der Waals surface area contributed by atoms with Crippen LogP contribution in [0.4, 0.5) is 0 Å². The SMILES string of the molecule is CC(C)=C[SiH2]O[Si](O[SiH2]C=C(C)C)(O[SiH2]C=C(C)C)O[SiH2]C=C(C)C. The van der Waals surface area contributed by atoms with Crippen LogP contribution < -0.4 is 0 Å². The fraction of sp³-hybridized carbons (Fsp3) is 0.500. The molecule has 0 atom stereocenters. The first-order chi connectivity index (χ1) is 11.7. The molecule has 0 aliphatic carbocycles. The van der Waals surface area contributed by atoms with E-state index < -0.39 is 48.1 Å². The van der Waals surface area contributed by atoms with Gasteiger partial charge in [-0.2, -0.15) is 0 Å². The summed E-state index contributed by atoms with van der Waals surface area (Å²) in [5.74, 6) is 0. The van der Waals surface area contributed by atoms with Gasteiger partial charge in [0, 0.05) is 0 Å². The van der Waals surface area contributed by atoms with Crippen molar-refractivity contribution in [2.24, 2.45) is 0 Å². The van der Waals surface area contributed by atoms with Gasteiger partial charge >= 0.3 is 9.05 Å². The van der Waals surface area contributed by atoms with Gasteiger partial charge in [0.1, 0.15) is 0 Å². The fourth-order valence-corrected chi connectivity index (χ4v) is 13.9. The molecule has 0 rings (SSSR count). The molecule has 4 nitrogen and oxygen atoms in total. The highest BCUT2D eigenvalue weighted by molar-refractivity contribution is 6.74. The van der Waals surface area contributed by atoms with E-state index in [-0.39, 0.29) is 0 Å². The van der Waals surface area contributed by atoms with Gasteiger partial charge in [0.2, 0.25) is 0 Å². The zero-order valence-electron chi connectivity index (χ0n) is 17.3. The number of rotatable bonds is 12. The molecule has 0 spiro atoms. The standard InChI is InChI=1S/C16H36O4Si5/c1-13(2)9-21-17-25(18-22-10-14(3)4,19-23-11-15(5)6)20-24-12-16(7)8/h9-12H,21-24H2,1-8H3. The molecule has 0 aromatic heterocycles. The van der Waals surface area contributed by atoms with E-state index >= 15 is 0 Å². The summed E-state index contributed by atoms with van der Waals surface area (Å²) in [5.41, 5.74) is 13.9. The fourth-order valence-electron chi connectivity index (χ4n) is 1.49. The van der Waals surface area contributed by atoms with Crippen LogP contribution in [0.3, 0.4) is 0 Å². The van der Waals surface area contributed by atoms with Gasteiger partial charge in [0.15, 0.2) is 39.1 Å². The van der Waals surface area contributed by atoms with Crippen LogP contribution in [0, 0.1) is 0 Å². The largest absolute Gasteiger partial charge is 0.636 e. The first-order valence-electron chi connectivity index (χ1n) is 8.76. The molecule has 144 valence electrons. The second-order valence-electron chi connectivity index (χ2n) is 6.87. The maximum Gasteiger partial charge on any atom is 0.636 e. The van der Waals surface area contributed by atoms with E-state index in [9.17, 15) is 0 Å². The van der Waals surface area contributed by atoms with Crippen molar-refractivity contribution in [1.82, 2.24) is 0 Å². The Morgan fingerprint density at radius 1 is 0.480 bits per heavy atom. The average Bonchev–Trinajstić information content (AvgIpc) is 2.45. The van der Waals surface area contributed by atoms with Crippen LogP contribution in [0.5, 0.6) is 0 Å². The molecular formula is C16H36O4Si5. The molecule has 0 radical (unpaired) electrons. The highest BCUT2D eigenvalue weighted by atomic mass is 28.5. The Morgan fingerprint density at radius 3 is 0.840 bits per heavy atom. The molecule has 0 unspecified atom stereocenters. The molecule has 0 aliphatic rings. The Labute approximate surface area is 165 Å². The maximum absolute atomic E-state index is 6.24. The highest BCUT2D eigenvalue weighted by Crippen LogP contribution is 2.12. The predicted molar refractivity (Wildman–Crippen MR) is 122 cm³/mol. The minimum atomic E-state index is -2.99. The van der Waals surface area contributed by atoms with E-state index in [4.69, 9.17) is 16.5 Å². The van der Waals surface area contributed by atoms with Gasteiger partial charge in [-0.15, -0.1) is 0 Å². The Hall–Kier alpha value is -0.116. The minimum Gasteiger partial charge on any atom is -0.397 e. The van der Waals surface area contributed by atoms with Crippen molar-refractivity contribution in [2.45, 2.75) is 55.4 Å². The monoisotopic (exact) mass is 432 g/mol. The van der Waals surface area contributed by atoms with Crippen LogP contribution in [-0.2, 0) is 16.5 Å². The van der Waals surface area contributed by atoms with Crippen molar-refractivity contribution in [1.29, 1.82) is 0 Å². The zero-order chi connectivity index (χ0) is 19.3. The van der Waals surface area contributed by atoms with Crippen LogP contribution in [0.1, 0.15) is 55.4 Å².